The lowest BCUT2D eigenvalue weighted by Crippen LogP contribution is -2.24. The maximum atomic E-state index is 13.0. The highest BCUT2D eigenvalue weighted by atomic mass is 32.2. The number of methoxy groups -OCH3 is 1. The molecule has 0 aliphatic rings. The van der Waals surface area contributed by atoms with Gasteiger partial charge in [0.2, 0.25) is 5.88 Å². The van der Waals surface area contributed by atoms with Crippen LogP contribution < -0.4 is 10.4 Å². The Balaban J connectivity index is 1.76. The Morgan fingerprint density at radius 1 is 1.09 bits per heavy atom. The standard InChI is InChI=1S/C21H16F3N3O5S/c1-32-18-10-25-17-5-3-2-4-15(17)16(18)11-26-12-19(28)27(20(26)29)13-6-8-14(9-7-13)33(30,31)21(22,23)24/h2-10,12,28H,11H2,1H3. The number of aromatic hydroxyl groups is 1. The largest absolute Gasteiger partial charge is 0.501 e. The molecule has 2 aromatic heterocycles. The summed E-state index contributed by atoms with van der Waals surface area (Å²) < 4.78 is 68.8. The number of fused-ring (bicyclic) bond motifs is 1. The number of para-hydroxylation sites is 1. The monoisotopic (exact) mass is 479 g/mol. The van der Waals surface area contributed by atoms with Gasteiger partial charge in [0, 0.05) is 10.9 Å². The van der Waals surface area contributed by atoms with Gasteiger partial charge in [0.25, 0.3) is 9.84 Å². The Hall–Kier alpha value is -3.80. The van der Waals surface area contributed by atoms with E-state index in [9.17, 15) is 31.5 Å². The number of benzene rings is 2. The predicted octanol–water partition coefficient (Wildman–Crippen LogP) is 3.24. The lowest BCUT2D eigenvalue weighted by molar-refractivity contribution is -0.0436. The quantitative estimate of drug-likeness (QED) is 0.472. The molecule has 0 fully saturated rings. The lowest BCUT2D eigenvalue weighted by atomic mass is 10.1. The summed E-state index contributed by atoms with van der Waals surface area (Å²) in [5, 5.41) is 11.1. The number of hydrogen-bond acceptors (Lipinski definition) is 6. The summed E-state index contributed by atoms with van der Waals surface area (Å²) in [6.45, 7) is 0.00609. The van der Waals surface area contributed by atoms with Crippen molar-refractivity contribution >= 4 is 20.7 Å². The summed E-state index contributed by atoms with van der Waals surface area (Å²) in [5.74, 6) is -0.0571. The van der Waals surface area contributed by atoms with Crippen molar-refractivity contribution in [1.29, 1.82) is 0 Å². The molecular formula is C21H16F3N3O5S. The van der Waals surface area contributed by atoms with Crippen LogP contribution in [0.15, 0.2) is 70.6 Å². The van der Waals surface area contributed by atoms with E-state index in [1.165, 1.54) is 17.9 Å². The van der Waals surface area contributed by atoms with Gasteiger partial charge < -0.3 is 9.84 Å². The molecule has 0 spiro atoms. The molecule has 0 aliphatic carbocycles. The minimum absolute atomic E-state index is 0.00609. The Labute approximate surface area is 185 Å². The van der Waals surface area contributed by atoms with E-state index < -0.39 is 31.8 Å². The second-order valence-corrected chi connectivity index (χ2v) is 8.94. The van der Waals surface area contributed by atoms with Gasteiger partial charge in [-0.1, -0.05) is 18.2 Å². The SMILES string of the molecule is COc1cnc2ccccc2c1Cn1cc(O)n(-c2ccc(S(=O)(=O)C(F)(F)F)cc2)c1=O. The molecule has 2 heterocycles. The van der Waals surface area contributed by atoms with Crippen molar-refractivity contribution in [2.45, 2.75) is 16.9 Å². The van der Waals surface area contributed by atoms with Crippen LogP contribution in [0, 0.1) is 0 Å². The topological polar surface area (TPSA) is 103 Å². The van der Waals surface area contributed by atoms with Crippen molar-refractivity contribution in [2.75, 3.05) is 7.11 Å². The fraction of sp³-hybridized carbons (Fsp3) is 0.143. The molecule has 33 heavy (non-hydrogen) atoms. The molecule has 2 aromatic carbocycles. The second kappa shape index (κ2) is 7.96. The molecule has 0 saturated heterocycles. The summed E-state index contributed by atoms with van der Waals surface area (Å²) in [4.78, 5) is 16.3. The van der Waals surface area contributed by atoms with E-state index in [0.717, 1.165) is 40.4 Å². The number of ether oxygens (including phenoxy) is 1. The number of pyridine rings is 1. The van der Waals surface area contributed by atoms with Gasteiger partial charge in [0.1, 0.15) is 5.75 Å². The molecule has 8 nitrogen and oxygen atoms in total. The van der Waals surface area contributed by atoms with Gasteiger partial charge >= 0.3 is 11.2 Å². The first kappa shape index (κ1) is 22.4. The molecule has 0 radical (unpaired) electrons. The number of hydrogen-bond donors (Lipinski definition) is 1. The van der Waals surface area contributed by atoms with Gasteiger partial charge in [-0.3, -0.25) is 9.55 Å². The maximum Gasteiger partial charge on any atom is 0.501 e. The highest BCUT2D eigenvalue weighted by Gasteiger charge is 2.46. The minimum atomic E-state index is -5.53. The Bertz CT molecular complexity index is 1510. The number of imidazole rings is 1. The summed E-state index contributed by atoms with van der Waals surface area (Å²) in [6.07, 6.45) is 2.68. The van der Waals surface area contributed by atoms with Crippen molar-refractivity contribution in [2.24, 2.45) is 0 Å². The Morgan fingerprint density at radius 3 is 2.39 bits per heavy atom. The van der Waals surface area contributed by atoms with Crippen LogP contribution in [0.1, 0.15) is 5.56 Å². The fourth-order valence-electron chi connectivity index (χ4n) is 3.43. The van der Waals surface area contributed by atoms with Crippen LogP contribution in [0.3, 0.4) is 0 Å². The van der Waals surface area contributed by atoms with E-state index in [1.54, 1.807) is 12.1 Å². The number of sulfone groups is 1. The zero-order valence-corrected chi connectivity index (χ0v) is 17.8. The zero-order chi connectivity index (χ0) is 24.0. The first-order chi connectivity index (χ1) is 15.5. The molecule has 12 heteroatoms. The smallest absolute Gasteiger partial charge is 0.495 e. The van der Waals surface area contributed by atoms with Crippen LogP contribution in [0.4, 0.5) is 13.2 Å². The first-order valence-corrected chi connectivity index (χ1v) is 10.9. The van der Waals surface area contributed by atoms with Crippen molar-refractivity contribution in [1.82, 2.24) is 14.1 Å². The third-order valence-corrected chi connectivity index (χ3v) is 6.55. The summed E-state index contributed by atoms with van der Waals surface area (Å²) in [5.41, 5.74) is -4.85. The molecular weight excluding hydrogens is 463 g/mol. The molecule has 1 N–H and O–H groups in total. The molecule has 4 aromatic rings. The summed E-state index contributed by atoms with van der Waals surface area (Å²) in [6, 6.07) is 10.7. The molecule has 0 amide bonds. The van der Waals surface area contributed by atoms with E-state index in [0.29, 0.717) is 16.8 Å². The number of rotatable bonds is 5. The molecule has 172 valence electrons. The number of nitrogens with zero attached hydrogens (tertiary/aromatic N) is 3. The van der Waals surface area contributed by atoms with Crippen LogP contribution in [-0.2, 0) is 16.4 Å². The fourth-order valence-corrected chi connectivity index (χ4v) is 4.19. The minimum Gasteiger partial charge on any atom is -0.495 e. The molecule has 0 atom stereocenters. The molecule has 4 rings (SSSR count). The van der Waals surface area contributed by atoms with E-state index in [-0.39, 0.29) is 12.2 Å². The van der Waals surface area contributed by atoms with Crippen molar-refractivity contribution in [3.05, 3.63) is 77.0 Å². The van der Waals surface area contributed by atoms with Crippen LogP contribution in [0.2, 0.25) is 0 Å². The van der Waals surface area contributed by atoms with E-state index in [1.807, 2.05) is 12.1 Å². The Morgan fingerprint density at radius 2 is 1.76 bits per heavy atom. The maximum absolute atomic E-state index is 13.0. The highest BCUT2D eigenvalue weighted by Crippen LogP contribution is 2.31. The van der Waals surface area contributed by atoms with E-state index >= 15 is 0 Å². The highest BCUT2D eigenvalue weighted by molar-refractivity contribution is 7.92. The average molecular weight is 479 g/mol. The number of alkyl halides is 3. The summed E-state index contributed by atoms with van der Waals surface area (Å²) in [7, 11) is -4.08. The lowest BCUT2D eigenvalue weighted by Gasteiger charge is -2.11. The van der Waals surface area contributed by atoms with Gasteiger partial charge in [-0.25, -0.2) is 17.8 Å². The summed E-state index contributed by atoms with van der Waals surface area (Å²) >= 11 is 0. The second-order valence-electron chi connectivity index (χ2n) is 7.00. The number of halogens is 3. The van der Waals surface area contributed by atoms with Crippen LogP contribution in [0.5, 0.6) is 11.6 Å². The normalized spacial score (nSPS) is 12.2. The first-order valence-electron chi connectivity index (χ1n) is 9.38. The van der Waals surface area contributed by atoms with Crippen LogP contribution >= 0.6 is 0 Å². The van der Waals surface area contributed by atoms with Gasteiger partial charge in [0.05, 0.1) is 42.1 Å². The van der Waals surface area contributed by atoms with Gasteiger partial charge in [-0.05, 0) is 30.3 Å². The molecule has 0 bridgehead atoms. The molecule has 0 unspecified atom stereocenters. The molecule has 0 saturated carbocycles. The van der Waals surface area contributed by atoms with Gasteiger partial charge in [-0.15, -0.1) is 0 Å². The van der Waals surface area contributed by atoms with Crippen LogP contribution in [0.25, 0.3) is 16.6 Å². The van der Waals surface area contributed by atoms with Crippen LogP contribution in [-0.4, -0.2) is 40.3 Å². The van der Waals surface area contributed by atoms with Crippen molar-refractivity contribution in [3.8, 4) is 17.3 Å². The van der Waals surface area contributed by atoms with Gasteiger partial charge in [0.15, 0.2) is 0 Å². The van der Waals surface area contributed by atoms with Gasteiger partial charge in [-0.2, -0.15) is 13.2 Å². The van der Waals surface area contributed by atoms with Crippen molar-refractivity contribution in [3.63, 3.8) is 0 Å². The third kappa shape index (κ3) is 3.82. The van der Waals surface area contributed by atoms with Crippen molar-refractivity contribution < 1.29 is 31.4 Å². The van der Waals surface area contributed by atoms with E-state index in [2.05, 4.69) is 4.98 Å². The predicted molar refractivity (Wildman–Crippen MR) is 112 cm³/mol. The third-order valence-electron chi connectivity index (χ3n) is 5.04. The number of aromatic nitrogens is 3. The molecule has 0 aliphatic heterocycles. The zero-order valence-electron chi connectivity index (χ0n) is 16.9. The average Bonchev–Trinajstić information content (AvgIpc) is 3.06. The van der Waals surface area contributed by atoms with E-state index in [4.69, 9.17) is 4.74 Å². The Kier molecular flexibility index (Phi) is 5.40.